The molecule has 2 saturated heterocycles. The molecule has 0 unspecified atom stereocenters. The smallest absolute Gasteiger partial charge is 0.0702 e. The lowest BCUT2D eigenvalue weighted by molar-refractivity contribution is 0.0243. The maximum absolute atomic E-state index is 5.77. The molecule has 3 fully saturated rings. The SMILES string of the molecule is C1CO[C@H](CN2CCN[C@H]3CCCC[C@H]32)C1. The van der Waals surface area contributed by atoms with Crippen molar-refractivity contribution in [2.24, 2.45) is 0 Å². The summed E-state index contributed by atoms with van der Waals surface area (Å²) in [5.74, 6) is 0. The first kappa shape index (κ1) is 11.0. The molecule has 0 aromatic carbocycles. The number of piperazine rings is 1. The van der Waals surface area contributed by atoms with Crippen molar-refractivity contribution in [3.8, 4) is 0 Å². The van der Waals surface area contributed by atoms with Crippen molar-refractivity contribution in [3.05, 3.63) is 0 Å². The molecule has 16 heavy (non-hydrogen) atoms. The summed E-state index contributed by atoms with van der Waals surface area (Å²) in [5.41, 5.74) is 0. The zero-order valence-electron chi connectivity index (χ0n) is 10.2. The quantitative estimate of drug-likeness (QED) is 0.767. The van der Waals surface area contributed by atoms with Gasteiger partial charge >= 0.3 is 0 Å². The van der Waals surface area contributed by atoms with Crippen LogP contribution in [0.5, 0.6) is 0 Å². The maximum atomic E-state index is 5.77. The molecule has 3 atom stereocenters. The van der Waals surface area contributed by atoms with Crippen molar-refractivity contribution in [2.45, 2.75) is 56.7 Å². The van der Waals surface area contributed by atoms with Gasteiger partial charge in [0.05, 0.1) is 6.10 Å². The Morgan fingerprint density at radius 3 is 2.94 bits per heavy atom. The van der Waals surface area contributed by atoms with Gasteiger partial charge < -0.3 is 10.1 Å². The third kappa shape index (κ3) is 2.27. The molecule has 92 valence electrons. The van der Waals surface area contributed by atoms with Gasteiger partial charge in [0.1, 0.15) is 0 Å². The molecular weight excluding hydrogens is 200 g/mol. The number of hydrogen-bond donors (Lipinski definition) is 1. The van der Waals surface area contributed by atoms with E-state index in [9.17, 15) is 0 Å². The Morgan fingerprint density at radius 1 is 1.12 bits per heavy atom. The number of nitrogens with one attached hydrogen (secondary N) is 1. The van der Waals surface area contributed by atoms with Crippen molar-refractivity contribution in [1.82, 2.24) is 10.2 Å². The van der Waals surface area contributed by atoms with Crippen molar-refractivity contribution < 1.29 is 4.74 Å². The highest BCUT2D eigenvalue weighted by atomic mass is 16.5. The Labute approximate surface area is 98.5 Å². The topological polar surface area (TPSA) is 24.5 Å². The fourth-order valence-corrected chi connectivity index (χ4v) is 3.62. The van der Waals surface area contributed by atoms with Crippen LogP contribution in [0.2, 0.25) is 0 Å². The van der Waals surface area contributed by atoms with E-state index in [1.807, 2.05) is 0 Å². The molecule has 2 heterocycles. The Morgan fingerprint density at radius 2 is 2.06 bits per heavy atom. The van der Waals surface area contributed by atoms with Crippen LogP contribution in [0.1, 0.15) is 38.5 Å². The molecule has 1 N–H and O–H groups in total. The highest BCUT2D eigenvalue weighted by Gasteiger charge is 2.34. The van der Waals surface area contributed by atoms with E-state index in [1.54, 1.807) is 0 Å². The lowest BCUT2D eigenvalue weighted by atomic mass is 9.87. The van der Waals surface area contributed by atoms with E-state index in [-0.39, 0.29) is 0 Å². The number of nitrogens with zero attached hydrogens (tertiary/aromatic N) is 1. The third-order valence-corrected chi connectivity index (χ3v) is 4.47. The third-order valence-electron chi connectivity index (χ3n) is 4.47. The fraction of sp³-hybridized carbons (Fsp3) is 1.00. The second-order valence-electron chi connectivity index (χ2n) is 5.54. The highest BCUT2D eigenvalue weighted by Crippen LogP contribution is 2.26. The summed E-state index contributed by atoms with van der Waals surface area (Å²) in [6.45, 7) is 4.57. The monoisotopic (exact) mass is 224 g/mol. The number of hydrogen-bond acceptors (Lipinski definition) is 3. The summed E-state index contributed by atoms with van der Waals surface area (Å²) in [5, 5.41) is 3.69. The number of ether oxygens (including phenoxy) is 1. The summed E-state index contributed by atoms with van der Waals surface area (Å²) < 4.78 is 5.77. The normalized spacial score (nSPS) is 40.9. The molecule has 0 amide bonds. The molecule has 3 aliphatic rings. The predicted octanol–water partition coefficient (Wildman–Crippen LogP) is 1.38. The van der Waals surface area contributed by atoms with Crippen LogP contribution < -0.4 is 5.32 Å². The second kappa shape index (κ2) is 5.03. The van der Waals surface area contributed by atoms with Gasteiger partial charge in [-0.25, -0.2) is 0 Å². The lowest BCUT2D eigenvalue weighted by Gasteiger charge is -2.45. The van der Waals surface area contributed by atoms with Gasteiger partial charge in [-0.2, -0.15) is 0 Å². The molecule has 3 rings (SSSR count). The minimum Gasteiger partial charge on any atom is -0.377 e. The van der Waals surface area contributed by atoms with E-state index in [1.165, 1.54) is 58.2 Å². The van der Waals surface area contributed by atoms with Gasteiger partial charge in [-0.1, -0.05) is 12.8 Å². The standard InChI is InChI=1S/C13H24N2O/c1-2-6-13-12(5-1)14-7-8-15(13)10-11-4-3-9-16-11/h11-14H,1-10H2/t11-,12-,13+/m0/s1. The van der Waals surface area contributed by atoms with E-state index in [2.05, 4.69) is 10.2 Å². The molecule has 0 spiro atoms. The van der Waals surface area contributed by atoms with Gasteiger partial charge in [0.25, 0.3) is 0 Å². The van der Waals surface area contributed by atoms with Gasteiger partial charge in [0.15, 0.2) is 0 Å². The summed E-state index contributed by atoms with van der Waals surface area (Å²) in [7, 11) is 0. The van der Waals surface area contributed by atoms with Crippen LogP contribution in [-0.4, -0.2) is 49.3 Å². The minimum absolute atomic E-state index is 0.528. The first-order valence-corrected chi connectivity index (χ1v) is 7.02. The molecule has 0 aromatic heterocycles. The van der Waals surface area contributed by atoms with E-state index >= 15 is 0 Å². The van der Waals surface area contributed by atoms with Gasteiger partial charge in [-0.05, 0) is 25.7 Å². The minimum atomic E-state index is 0.528. The molecule has 0 radical (unpaired) electrons. The van der Waals surface area contributed by atoms with E-state index in [0.717, 1.165) is 18.7 Å². The van der Waals surface area contributed by atoms with Gasteiger partial charge in [-0.15, -0.1) is 0 Å². The van der Waals surface area contributed by atoms with Crippen molar-refractivity contribution in [1.29, 1.82) is 0 Å². The van der Waals surface area contributed by atoms with Gasteiger partial charge in [-0.3, -0.25) is 4.90 Å². The van der Waals surface area contributed by atoms with Gasteiger partial charge in [0, 0.05) is 38.3 Å². The van der Waals surface area contributed by atoms with Crippen LogP contribution in [-0.2, 0) is 4.74 Å². The summed E-state index contributed by atoms with van der Waals surface area (Å²) in [6.07, 6.45) is 8.69. The van der Waals surface area contributed by atoms with Crippen LogP contribution in [0, 0.1) is 0 Å². The van der Waals surface area contributed by atoms with Crippen molar-refractivity contribution in [3.63, 3.8) is 0 Å². The molecule has 1 saturated carbocycles. The molecule has 2 aliphatic heterocycles. The van der Waals surface area contributed by atoms with Crippen LogP contribution in [0.4, 0.5) is 0 Å². The molecule has 3 nitrogen and oxygen atoms in total. The first-order valence-electron chi connectivity index (χ1n) is 7.02. The van der Waals surface area contributed by atoms with Gasteiger partial charge in [0.2, 0.25) is 0 Å². The van der Waals surface area contributed by atoms with Crippen LogP contribution in [0.25, 0.3) is 0 Å². The molecule has 1 aliphatic carbocycles. The average Bonchev–Trinajstić information content (AvgIpc) is 2.82. The zero-order chi connectivity index (χ0) is 10.8. The number of rotatable bonds is 2. The van der Waals surface area contributed by atoms with E-state index in [0.29, 0.717) is 6.10 Å². The van der Waals surface area contributed by atoms with Crippen LogP contribution >= 0.6 is 0 Å². The summed E-state index contributed by atoms with van der Waals surface area (Å²) in [6, 6.07) is 1.57. The Kier molecular flexibility index (Phi) is 3.46. The predicted molar refractivity (Wildman–Crippen MR) is 64.6 cm³/mol. The number of fused-ring (bicyclic) bond motifs is 1. The highest BCUT2D eigenvalue weighted by molar-refractivity contribution is 4.93. The largest absolute Gasteiger partial charge is 0.377 e. The van der Waals surface area contributed by atoms with Crippen molar-refractivity contribution in [2.75, 3.05) is 26.2 Å². The summed E-state index contributed by atoms with van der Waals surface area (Å²) in [4.78, 5) is 2.70. The lowest BCUT2D eigenvalue weighted by Crippen LogP contribution is -2.60. The molecule has 0 aromatic rings. The average molecular weight is 224 g/mol. The Hall–Kier alpha value is -0.120. The molecular formula is C13H24N2O. The van der Waals surface area contributed by atoms with E-state index in [4.69, 9.17) is 4.74 Å². The first-order chi connectivity index (χ1) is 7.93. The zero-order valence-corrected chi connectivity index (χ0v) is 10.2. The van der Waals surface area contributed by atoms with E-state index < -0.39 is 0 Å². The van der Waals surface area contributed by atoms with Crippen LogP contribution in [0.15, 0.2) is 0 Å². The summed E-state index contributed by atoms with van der Waals surface area (Å²) >= 11 is 0. The van der Waals surface area contributed by atoms with Crippen LogP contribution in [0.3, 0.4) is 0 Å². The second-order valence-corrected chi connectivity index (χ2v) is 5.54. The maximum Gasteiger partial charge on any atom is 0.0702 e. The molecule has 0 bridgehead atoms. The fourth-order valence-electron chi connectivity index (χ4n) is 3.62. The molecule has 3 heteroatoms. The van der Waals surface area contributed by atoms with Crippen molar-refractivity contribution >= 4 is 0 Å². The Balaban J connectivity index is 1.59. The Bertz CT molecular complexity index is 226.